The van der Waals surface area contributed by atoms with Crippen molar-refractivity contribution in [2.24, 2.45) is 0 Å². The second-order valence-corrected chi connectivity index (χ2v) is 19.2. The topological polar surface area (TPSA) is 141 Å². The van der Waals surface area contributed by atoms with Gasteiger partial charge in [-0.25, -0.2) is 23.1 Å². The molecular formula is C33H37FN8O4SSi. The van der Waals surface area contributed by atoms with Crippen LogP contribution in [0.1, 0.15) is 24.4 Å². The Morgan fingerprint density at radius 1 is 1.10 bits per heavy atom. The van der Waals surface area contributed by atoms with E-state index in [1.807, 2.05) is 61.0 Å². The molecule has 0 fully saturated rings. The molecule has 1 unspecified atom stereocenters. The van der Waals surface area contributed by atoms with Gasteiger partial charge >= 0.3 is 0 Å². The molecule has 0 radical (unpaired) electrons. The van der Waals surface area contributed by atoms with Crippen LogP contribution in [0.5, 0.6) is 0 Å². The standard InChI is InChI=1S/C33H37FN8O4SSi/c1-21-11-12-41-29(21)33(43)42(26-9-7-6-8-10-26)31(38-41)22(2)37-30-28-27(23-15-24(34)17-25(16-23)39-47(44)45)18-40(32(28)36-19-35-30)20-46-13-14-48(3,4)5/h6-12,15-19,22,39H,13-14,20H2,1-5H3,(H,44,45)(H,35,36,37)/t22-/m0/s1. The number of anilines is 2. The van der Waals surface area contributed by atoms with Crippen LogP contribution in [-0.4, -0.2) is 52.2 Å². The Morgan fingerprint density at radius 2 is 1.88 bits per heavy atom. The van der Waals surface area contributed by atoms with Crippen molar-refractivity contribution in [1.82, 2.24) is 28.7 Å². The van der Waals surface area contributed by atoms with Crippen LogP contribution in [0.2, 0.25) is 25.7 Å². The molecule has 2 aromatic carbocycles. The first kappa shape index (κ1) is 33.2. The lowest BCUT2D eigenvalue weighted by molar-refractivity contribution is 0.0899. The van der Waals surface area contributed by atoms with E-state index >= 15 is 0 Å². The molecule has 0 saturated heterocycles. The van der Waals surface area contributed by atoms with Crippen molar-refractivity contribution in [3.05, 3.63) is 101 Å². The lowest BCUT2D eigenvalue weighted by Gasteiger charge is -2.20. The number of ether oxygens (including phenoxy) is 1. The first-order valence-electron chi connectivity index (χ1n) is 15.4. The molecule has 4 heterocycles. The summed E-state index contributed by atoms with van der Waals surface area (Å²) < 4.78 is 49.3. The Balaban J connectivity index is 1.47. The fourth-order valence-electron chi connectivity index (χ4n) is 5.60. The lowest BCUT2D eigenvalue weighted by Crippen LogP contribution is -2.29. The Morgan fingerprint density at radius 3 is 2.60 bits per heavy atom. The molecule has 0 saturated carbocycles. The van der Waals surface area contributed by atoms with Gasteiger partial charge in [-0.15, -0.1) is 0 Å². The summed E-state index contributed by atoms with van der Waals surface area (Å²) in [6.07, 6.45) is 5.00. The van der Waals surface area contributed by atoms with Crippen LogP contribution in [-0.2, 0) is 22.7 Å². The zero-order valence-electron chi connectivity index (χ0n) is 27.3. The summed E-state index contributed by atoms with van der Waals surface area (Å²) in [6.45, 7) is 11.4. The summed E-state index contributed by atoms with van der Waals surface area (Å²) in [6, 6.07) is 15.7. The SMILES string of the molecule is Cc1ccn2nc([C@H](C)Nc3ncnc4c3c(-c3cc(F)cc(NS(=O)O)c3)cn4COCC[Si](C)(C)C)n(-c3ccccc3)c(=O)c12. The first-order valence-corrected chi connectivity index (χ1v) is 20.2. The molecule has 2 atom stereocenters. The van der Waals surface area contributed by atoms with Gasteiger partial charge in [0.25, 0.3) is 16.8 Å². The summed E-state index contributed by atoms with van der Waals surface area (Å²) in [5, 5.41) is 8.88. The van der Waals surface area contributed by atoms with Crippen molar-refractivity contribution in [1.29, 1.82) is 0 Å². The van der Waals surface area contributed by atoms with E-state index < -0.39 is 31.2 Å². The van der Waals surface area contributed by atoms with Gasteiger partial charge in [-0.3, -0.25) is 18.6 Å². The molecule has 3 N–H and O–H groups in total. The second-order valence-electron chi connectivity index (χ2n) is 12.9. The van der Waals surface area contributed by atoms with Crippen LogP contribution in [0.25, 0.3) is 33.4 Å². The van der Waals surface area contributed by atoms with Crippen LogP contribution in [0.3, 0.4) is 0 Å². The highest BCUT2D eigenvalue weighted by Gasteiger charge is 2.23. The molecule has 0 amide bonds. The van der Waals surface area contributed by atoms with Crippen molar-refractivity contribution < 1.29 is 17.9 Å². The number of halogens is 1. The van der Waals surface area contributed by atoms with Crippen LogP contribution in [0, 0.1) is 12.7 Å². The number of para-hydroxylation sites is 1. The summed E-state index contributed by atoms with van der Waals surface area (Å²) in [7, 11) is -1.33. The Kier molecular flexibility index (Phi) is 9.29. The van der Waals surface area contributed by atoms with Crippen LogP contribution in [0.15, 0.2) is 78.1 Å². The molecule has 0 aliphatic rings. The average Bonchev–Trinajstić information content (AvgIpc) is 3.59. The fourth-order valence-corrected chi connectivity index (χ4v) is 6.68. The van der Waals surface area contributed by atoms with Crippen molar-refractivity contribution in [3.8, 4) is 16.8 Å². The average molecular weight is 689 g/mol. The largest absolute Gasteiger partial charge is 0.361 e. The van der Waals surface area contributed by atoms with E-state index in [1.54, 1.807) is 21.3 Å². The van der Waals surface area contributed by atoms with Gasteiger partial charge in [-0.1, -0.05) is 37.8 Å². The predicted octanol–water partition coefficient (Wildman–Crippen LogP) is 6.38. The minimum absolute atomic E-state index is 0.129. The zero-order chi connectivity index (χ0) is 34.2. The van der Waals surface area contributed by atoms with Crippen molar-refractivity contribution >= 4 is 47.4 Å². The number of hydrogen-bond acceptors (Lipinski definition) is 7. The van der Waals surface area contributed by atoms with Gasteiger partial charge in [0.05, 0.1) is 22.8 Å². The maximum absolute atomic E-state index is 14.9. The van der Waals surface area contributed by atoms with E-state index in [0.717, 1.165) is 17.7 Å². The third-order valence-corrected chi connectivity index (χ3v) is 10.1. The molecule has 0 bridgehead atoms. The minimum Gasteiger partial charge on any atom is -0.361 e. The van der Waals surface area contributed by atoms with Gasteiger partial charge in [0.1, 0.15) is 35.9 Å². The molecule has 0 aliphatic carbocycles. The van der Waals surface area contributed by atoms with E-state index in [9.17, 15) is 17.9 Å². The number of benzene rings is 2. The van der Waals surface area contributed by atoms with Crippen LogP contribution in [0.4, 0.5) is 15.9 Å². The summed E-state index contributed by atoms with van der Waals surface area (Å²) in [5.74, 6) is 0.267. The monoisotopic (exact) mass is 688 g/mol. The maximum Gasteiger partial charge on any atom is 0.282 e. The molecule has 6 aromatic rings. The number of rotatable bonds is 12. The maximum atomic E-state index is 14.9. The van der Waals surface area contributed by atoms with E-state index in [-0.39, 0.29) is 18.0 Å². The van der Waals surface area contributed by atoms with E-state index in [1.165, 1.54) is 12.4 Å². The quantitative estimate of drug-likeness (QED) is 0.0765. The predicted molar refractivity (Wildman–Crippen MR) is 189 cm³/mol. The third-order valence-electron chi connectivity index (χ3n) is 7.96. The number of hydrogen-bond donors (Lipinski definition) is 3. The van der Waals surface area contributed by atoms with Crippen LogP contribution < -0.4 is 15.6 Å². The van der Waals surface area contributed by atoms with Gasteiger partial charge in [-0.05, 0) is 67.4 Å². The Labute approximate surface area is 280 Å². The third kappa shape index (κ3) is 6.94. The molecule has 250 valence electrons. The van der Waals surface area contributed by atoms with Crippen LogP contribution >= 0.6 is 0 Å². The lowest BCUT2D eigenvalue weighted by atomic mass is 10.0. The zero-order valence-corrected chi connectivity index (χ0v) is 29.1. The van der Waals surface area contributed by atoms with E-state index in [4.69, 9.17) is 9.84 Å². The first-order chi connectivity index (χ1) is 22.9. The smallest absolute Gasteiger partial charge is 0.282 e. The number of aryl methyl sites for hydroxylation is 1. The molecule has 0 spiro atoms. The summed E-state index contributed by atoms with van der Waals surface area (Å²) in [5.41, 5.74) is 3.42. The van der Waals surface area contributed by atoms with Gasteiger partial charge in [0, 0.05) is 32.6 Å². The van der Waals surface area contributed by atoms with Gasteiger partial charge in [-0.2, -0.15) is 5.10 Å². The molecule has 48 heavy (non-hydrogen) atoms. The highest BCUT2D eigenvalue weighted by molar-refractivity contribution is 7.80. The summed E-state index contributed by atoms with van der Waals surface area (Å²) in [4.78, 5) is 23.1. The number of nitrogens with zero attached hydrogens (tertiary/aromatic N) is 6. The minimum atomic E-state index is -2.40. The molecule has 4 aromatic heterocycles. The molecular weight excluding hydrogens is 652 g/mol. The van der Waals surface area contributed by atoms with E-state index in [0.29, 0.717) is 51.6 Å². The second kappa shape index (κ2) is 13.4. The number of nitrogens with one attached hydrogen (secondary N) is 2. The molecule has 6 rings (SSSR count). The van der Waals surface area contributed by atoms with Gasteiger partial charge in [0.15, 0.2) is 5.82 Å². The van der Waals surface area contributed by atoms with Gasteiger partial charge < -0.3 is 14.6 Å². The van der Waals surface area contributed by atoms with Gasteiger partial charge in [0.2, 0.25) is 0 Å². The fraction of sp³-hybridized carbons (Fsp3) is 0.273. The van der Waals surface area contributed by atoms with Crippen molar-refractivity contribution in [3.63, 3.8) is 0 Å². The molecule has 0 aliphatic heterocycles. The highest BCUT2D eigenvalue weighted by Crippen LogP contribution is 2.37. The summed E-state index contributed by atoms with van der Waals surface area (Å²) >= 11 is -2.40. The van der Waals surface area contributed by atoms with E-state index in [2.05, 4.69) is 39.6 Å². The van der Waals surface area contributed by atoms with Crippen molar-refractivity contribution in [2.45, 2.75) is 52.3 Å². The Bertz CT molecular complexity index is 2200. The number of fused-ring (bicyclic) bond motifs is 2. The highest BCUT2D eigenvalue weighted by atomic mass is 32.2. The Hall–Kier alpha value is -4.70. The van der Waals surface area contributed by atoms with Crippen molar-refractivity contribution in [2.75, 3.05) is 16.6 Å². The molecule has 12 nitrogen and oxygen atoms in total. The normalized spacial score (nSPS) is 13.2. The molecule has 15 heteroatoms. The number of aromatic nitrogens is 6.